The Bertz CT molecular complexity index is 416. The van der Waals surface area contributed by atoms with E-state index in [1.165, 1.54) is 25.0 Å². The fourth-order valence-electron chi connectivity index (χ4n) is 2.28. The summed E-state index contributed by atoms with van der Waals surface area (Å²) >= 11 is 0. The Labute approximate surface area is 111 Å². The SMILES string of the molecule is CCC1CC1NC(C)c1ccc(OC(F)(F)F)cc1. The molecule has 0 radical (unpaired) electrons. The summed E-state index contributed by atoms with van der Waals surface area (Å²) in [5.41, 5.74) is 0.969. The molecule has 3 atom stereocenters. The summed E-state index contributed by atoms with van der Waals surface area (Å²) in [4.78, 5) is 0. The van der Waals surface area contributed by atoms with Crippen molar-refractivity contribution in [2.45, 2.75) is 45.1 Å². The number of halogens is 3. The van der Waals surface area contributed by atoms with Crippen molar-refractivity contribution in [1.29, 1.82) is 0 Å². The highest BCUT2D eigenvalue weighted by Gasteiger charge is 2.36. The fourth-order valence-corrected chi connectivity index (χ4v) is 2.28. The van der Waals surface area contributed by atoms with Gasteiger partial charge in [-0.1, -0.05) is 25.5 Å². The summed E-state index contributed by atoms with van der Waals surface area (Å²) in [6.45, 7) is 4.19. The largest absolute Gasteiger partial charge is 0.573 e. The molecule has 1 fully saturated rings. The van der Waals surface area contributed by atoms with Gasteiger partial charge in [-0.05, 0) is 37.0 Å². The maximum Gasteiger partial charge on any atom is 0.573 e. The van der Waals surface area contributed by atoms with Crippen LogP contribution in [0.15, 0.2) is 24.3 Å². The van der Waals surface area contributed by atoms with Crippen molar-refractivity contribution in [2.75, 3.05) is 0 Å². The van der Waals surface area contributed by atoms with E-state index in [1.54, 1.807) is 12.1 Å². The molecule has 1 aromatic rings. The van der Waals surface area contributed by atoms with Crippen molar-refractivity contribution < 1.29 is 17.9 Å². The van der Waals surface area contributed by atoms with Crippen molar-refractivity contribution in [2.24, 2.45) is 5.92 Å². The van der Waals surface area contributed by atoms with E-state index < -0.39 is 6.36 Å². The Kier molecular flexibility index (Phi) is 4.04. The van der Waals surface area contributed by atoms with Gasteiger partial charge in [-0.15, -0.1) is 13.2 Å². The second-order valence-corrected chi connectivity index (χ2v) is 5.02. The molecule has 2 nitrogen and oxygen atoms in total. The van der Waals surface area contributed by atoms with E-state index in [-0.39, 0.29) is 11.8 Å². The number of hydrogen-bond donors (Lipinski definition) is 1. The first-order chi connectivity index (χ1) is 8.89. The van der Waals surface area contributed by atoms with Crippen LogP contribution in [0.4, 0.5) is 13.2 Å². The molecule has 1 aliphatic carbocycles. The predicted octanol–water partition coefficient (Wildman–Crippen LogP) is 4.03. The molecule has 19 heavy (non-hydrogen) atoms. The minimum absolute atomic E-state index is 0.140. The van der Waals surface area contributed by atoms with E-state index >= 15 is 0 Å². The van der Waals surface area contributed by atoms with Crippen LogP contribution < -0.4 is 10.1 Å². The molecule has 5 heteroatoms. The number of hydrogen-bond acceptors (Lipinski definition) is 2. The van der Waals surface area contributed by atoms with Crippen LogP contribution in [0.2, 0.25) is 0 Å². The van der Waals surface area contributed by atoms with Gasteiger partial charge in [-0.3, -0.25) is 0 Å². The van der Waals surface area contributed by atoms with Gasteiger partial charge in [-0.2, -0.15) is 0 Å². The van der Waals surface area contributed by atoms with Crippen molar-refractivity contribution in [3.8, 4) is 5.75 Å². The van der Waals surface area contributed by atoms with E-state index in [4.69, 9.17) is 0 Å². The van der Waals surface area contributed by atoms with Gasteiger partial charge in [0.2, 0.25) is 0 Å². The maximum absolute atomic E-state index is 12.0. The minimum Gasteiger partial charge on any atom is -0.406 e. The number of alkyl halides is 3. The molecular weight excluding hydrogens is 255 g/mol. The summed E-state index contributed by atoms with van der Waals surface area (Å²) < 4.78 is 39.9. The van der Waals surface area contributed by atoms with Gasteiger partial charge in [0.05, 0.1) is 0 Å². The molecule has 1 saturated carbocycles. The maximum atomic E-state index is 12.0. The molecule has 0 spiro atoms. The number of rotatable bonds is 5. The third-order valence-electron chi connectivity index (χ3n) is 3.52. The molecule has 0 aliphatic heterocycles. The molecule has 1 N–H and O–H groups in total. The Hall–Kier alpha value is -1.23. The highest BCUT2D eigenvalue weighted by molar-refractivity contribution is 5.29. The lowest BCUT2D eigenvalue weighted by Crippen LogP contribution is -2.22. The first kappa shape index (κ1) is 14.2. The fraction of sp³-hybridized carbons (Fsp3) is 0.571. The quantitative estimate of drug-likeness (QED) is 0.874. The molecule has 0 heterocycles. The van der Waals surface area contributed by atoms with Crippen molar-refractivity contribution >= 4 is 0 Å². The standard InChI is InChI=1S/C14H18F3NO/c1-3-10-8-13(10)18-9(2)11-4-6-12(7-5-11)19-14(15,16)17/h4-7,9-10,13,18H,3,8H2,1-2H3. The normalized spacial score (nSPS) is 24.1. The lowest BCUT2D eigenvalue weighted by Gasteiger charge is -2.15. The van der Waals surface area contributed by atoms with E-state index in [0.717, 1.165) is 11.5 Å². The monoisotopic (exact) mass is 273 g/mol. The Morgan fingerprint density at radius 2 is 1.95 bits per heavy atom. The lowest BCUT2D eigenvalue weighted by molar-refractivity contribution is -0.274. The molecule has 3 unspecified atom stereocenters. The number of benzene rings is 1. The smallest absolute Gasteiger partial charge is 0.406 e. The summed E-state index contributed by atoms with van der Waals surface area (Å²) in [6.07, 6.45) is -2.27. The third-order valence-corrected chi connectivity index (χ3v) is 3.52. The topological polar surface area (TPSA) is 21.3 Å². The van der Waals surface area contributed by atoms with Crippen LogP contribution in [-0.4, -0.2) is 12.4 Å². The zero-order valence-electron chi connectivity index (χ0n) is 11.0. The average molecular weight is 273 g/mol. The van der Waals surface area contributed by atoms with Crippen LogP contribution in [0, 0.1) is 5.92 Å². The molecule has 1 aliphatic rings. The summed E-state index contributed by atoms with van der Waals surface area (Å²) in [7, 11) is 0. The number of nitrogens with one attached hydrogen (secondary N) is 1. The van der Waals surface area contributed by atoms with E-state index in [1.807, 2.05) is 6.92 Å². The summed E-state index contributed by atoms with van der Waals surface area (Å²) in [5, 5.41) is 3.48. The van der Waals surface area contributed by atoms with E-state index in [2.05, 4.69) is 17.0 Å². The number of ether oxygens (including phenoxy) is 1. The van der Waals surface area contributed by atoms with E-state index in [0.29, 0.717) is 6.04 Å². The highest BCUT2D eigenvalue weighted by atomic mass is 19.4. The van der Waals surface area contributed by atoms with Gasteiger partial charge < -0.3 is 10.1 Å². The van der Waals surface area contributed by atoms with Gasteiger partial charge in [-0.25, -0.2) is 0 Å². The third kappa shape index (κ3) is 4.13. The Morgan fingerprint density at radius 3 is 2.42 bits per heavy atom. The highest BCUT2D eigenvalue weighted by Crippen LogP contribution is 2.35. The Morgan fingerprint density at radius 1 is 1.32 bits per heavy atom. The van der Waals surface area contributed by atoms with Gasteiger partial charge in [0.1, 0.15) is 5.75 Å². The molecule has 0 bridgehead atoms. The van der Waals surface area contributed by atoms with Gasteiger partial charge >= 0.3 is 6.36 Å². The van der Waals surface area contributed by atoms with Crippen LogP contribution in [0.25, 0.3) is 0 Å². The molecule has 106 valence electrons. The van der Waals surface area contributed by atoms with Crippen LogP contribution in [0.3, 0.4) is 0 Å². The van der Waals surface area contributed by atoms with Gasteiger partial charge in [0, 0.05) is 12.1 Å². The second-order valence-electron chi connectivity index (χ2n) is 5.02. The summed E-state index contributed by atoms with van der Waals surface area (Å²) in [6, 6.07) is 6.73. The zero-order valence-corrected chi connectivity index (χ0v) is 11.0. The van der Waals surface area contributed by atoms with E-state index in [9.17, 15) is 13.2 Å². The minimum atomic E-state index is -4.63. The molecule has 2 rings (SSSR count). The van der Waals surface area contributed by atoms with Crippen LogP contribution in [-0.2, 0) is 0 Å². The second kappa shape index (κ2) is 5.41. The lowest BCUT2D eigenvalue weighted by atomic mass is 10.1. The van der Waals surface area contributed by atoms with Crippen molar-refractivity contribution in [1.82, 2.24) is 5.32 Å². The molecule has 0 saturated heterocycles. The molecular formula is C14H18F3NO. The van der Waals surface area contributed by atoms with Crippen LogP contribution in [0.1, 0.15) is 38.3 Å². The van der Waals surface area contributed by atoms with Crippen molar-refractivity contribution in [3.63, 3.8) is 0 Å². The van der Waals surface area contributed by atoms with Gasteiger partial charge in [0.25, 0.3) is 0 Å². The van der Waals surface area contributed by atoms with Gasteiger partial charge in [0.15, 0.2) is 0 Å². The Balaban J connectivity index is 1.90. The first-order valence-corrected chi connectivity index (χ1v) is 6.51. The zero-order chi connectivity index (χ0) is 14.0. The van der Waals surface area contributed by atoms with Crippen LogP contribution >= 0.6 is 0 Å². The molecule has 1 aromatic carbocycles. The average Bonchev–Trinajstić information content (AvgIpc) is 3.06. The van der Waals surface area contributed by atoms with Crippen molar-refractivity contribution in [3.05, 3.63) is 29.8 Å². The molecule has 0 aromatic heterocycles. The predicted molar refractivity (Wildman–Crippen MR) is 66.9 cm³/mol. The van der Waals surface area contributed by atoms with Crippen LogP contribution in [0.5, 0.6) is 5.75 Å². The summed E-state index contributed by atoms with van der Waals surface area (Å²) in [5.74, 6) is 0.566. The molecule has 0 amide bonds. The first-order valence-electron chi connectivity index (χ1n) is 6.51.